The topological polar surface area (TPSA) is 38.3 Å². The van der Waals surface area contributed by atoms with Crippen LogP contribution in [-0.4, -0.2) is 13.0 Å². The zero-order valence-electron chi connectivity index (χ0n) is 13.1. The second-order valence-corrected chi connectivity index (χ2v) is 5.45. The van der Waals surface area contributed by atoms with Gasteiger partial charge in [-0.3, -0.25) is 4.79 Å². The molecule has 3 aromatic rings. The lowest BCUT2D eigenvalue weighted by Crippen LogP contribution is -2.24. The largest absolute Gasteiger partial charge is 0.496 e. The normalized spacial score (nSPS) is 10.5. The van der Waals surface area contributed by atoms with E-state index in [2.05, 4.69) is 29.6 Å². The lowest BCUT2D eigenvalue weighted by Gasteiger charge is -2.09. The first-order valence-corrected chi connectivity index (χ1v) is 7.62. The van der Waals surface area contributed by atoms with Gasteiger partial charge in [0, 0.05) is 12.1 Å². The second kappa shape index (κ2) is 6.97. The molecule has 0 heterocycles. The minimum atomic E-state index is -0.0114. The summed E-state index contributed by atoms with van der Waals surface area (Å²) in [5.74, 6) is 0.732. The Morgan fingerprint density at radius 2 is 1.70 bits per heavy atom. The summed E-state index contributed by atoms with van der Waals surface area (Å²) in [7, 11) is 1.62. The number of hydrogen-bond donors (Lipinski definition) is 1. The predicted octanol–water partition coefficient (Wildman–Crippen LogP) is 3.71. The molecule has 0 atom stereocenters. The van der Waals surface area contributed by atoms with Crippen LogP contribution in [0.2, 0.25) is 0 Å². The molecule has 0 radical (unpaired) electrons. The zero-order chi connectivity index (χ0) is 16.1. The standard InChI is InChI=1S/C20H19NO2/c1-23-19-9-5-4-8-18(19)13-20(22)21-14-15-10-11-16-6-2-3-7-17(16)12-15/h2-12H,13-14H2,1H3,(H,21,22). The SMILES string of the molecule is COc1ccccc1CC(=O)NCc1ccc2ccccc2c1. The maximum Gasteiger partial charge on any atom is 0.224 e. The van der Waals surface area contributed by atoms with Crippen LogP contribution < -0.4 is 10.1 Å². The molecule has 23 heavy (non-hydrogen) atoms. The summed E-state index contributed by atoms with van der Waals surface area (Å²) in [5.41, 5.74) is 1.99. The molecular weight excluding hydrogens is 286 g/mol. The van der Waals surface area contributed by atoms with Gasteiger partial charge in [0.15, 0.2) is 0 Å². The Bertz CT molecular complexity index is 826. The van der Waals surface area contributed by atoms with Crippen molar-refractivity contribution in [1.82, 2.24) is 5.32 Å². The average molecular weight is 305 g/mol. The van der Waals surface area contributed by atoms with E-state index in [9.17, 15) is 4.79 Å². The fourth-order valence-electron chi connectivity index (χ4n) is 2.63. The van der Waals surface area contributed by atoms with E-state index in [0.29, 0.717) is 13.0 Å². The number of nitrogens with one attached hydrogen (secondary N) is 1. The number of rotatable bonds is 5. The Morgan fingerprint density at radius 1 is 0.957 bits per heavy atom. The minimum Gasteiger partial charge on any atom is -0.496 e. The van der Waals surface area contributed by atoms with Gasteiger partial charge < -0.3 is 10.1 Å². The van der Waals surface area contributed by atoms with E-state index in [1.54, 1.807) is 7.11 Å². The molecule has 1 N–H and O–H groups in total. The molecule has 0 saturated heterocycles. The minimum absolute atomic E-state index is 0.0114. The van der Waals surface area contributed by atoms with Gasteiger partial charge in [0.05, 0.1) is 13.5 Å². The summed E-state index contributed by atoms with van der Waals surface area (Å²) >= 11 is 0. The highest BCUT2D eigenvalue weighted by molar-refractivity contribution is 5.83. The highest BCUT2D eigenvalue weighted by atomic mass is 16.5. The number of amides is 1. The first kappa shape index (κ1) is 15.1. The number of fused-ring (bicyclic) bond motifs is 1. The van der Waals surface area contributed by atoms with Crippen molar-refractivity contribution in [3.63, 3.8) is 0 Å². The molecule has 3 nitrogen and oxygen atoms in total. The first-order valence-electron chi connectivity index (χ1n) is 7.62. The summed E-state index contributed by atoms with van der Waals surface area (Å²) in [6.45, 7) is 0.527. The fraction of sp³-hybridized carbons (Fsp3) is 0.150. The van der Waals surface area contributed by atoms with Crippen molar-refractivity contribution in [2.75, 3.05) is 7.11 Å². The number of benzene rings is 3. The summed E-state index contributed by atoms with van der Waals surface area (Å²) in [6, 6.07) is 22.0. The molecule has 3 rings (SSSR count). The maximum atomic E-state index is 12.2. The molecule has 0 spiro atoms. The third-order valence-corrected chi connectivity index (χ3v) is 3.85. The molecule has 0 aromatic heterocycles. The van der Waals surface area contributed by atoms with Gasteiger partial charge in [0.1, 0.15) is 5.75 Å². The number of carbonyl (C=O) groups excluding carboxylic acids is 1. The molecule has 0 fully saturated rings. The lowest BCUT2D eigenvalue weighted by molar-refractivity contribution is -0.120. The van der Waals surface area contributed by atoms with Crippen molar-refractivity contribution >= 4 is 16.7 Å². The third kappa shape index (κ3) is 3.69. The number of hydrogen-bond acceptors (Lipinski definition) is 2. The molecule has 1 amide bonds. The van der Waals surface area contributed by atoms with Crippen molar-refractivity contribution in [2.45, 2.75) is 13.0 Å². The quantitative estimate of drug-likeness (QED) is 0.780. The van der Waals surface area contributed by atoms with Crippen molar-refractivity contribution in [2.24, 2.45) is 0 Å². The highest BCUT2D eigenvalue weighted by Crippen LogP contribution is 2.18. The molecular formula is C20H19NO2. The Balaban J connectivity index is 1.63. The van der Waals surface area contributed by atoms with Gasteiger partial charge in [0.2, 0.25) is 5.91 Å². The molecule has 0 bridgehead atoms. The molecule has 0 aliphatic heterocycles. The van der Waals surface area contributed by atoms with Crippen LogP contribution in [0.1, 0.15) is 11.1 Å². The van der Waals surface area contributed by atoms with Gasteiger partial charge in [-0.2, -0.15) is 0 Å². The van der Waals surface area contributed by atoms with Crippen molar-refractivity contribution in [3.05, 3.63) is 77.9 Å². The first-order chi connectivity index (χ1) is 11.3. The Labute approximate surface area is 135 Å². The van der Waals surface area contributed by atoms with Crippen LogP contribution in [0.3, 0.4) is 0 Å². The van der Waals surface area contributed by atoms with Crippen molar-refractivity contribution in [1.29, 1.82) is 0 Å². The monoisotopic (exact) mass is 305 g/mol. The van der Waals surface area contributed by atoms with E-state index < -0.39 is 0 Å². The Hall–Kier alpha value is -2.81. The van der Waals surface area contributed by atoms with Crippen LogP contribution in [0.5, 0.6) is 5.75 Å². The van der Waals surface area contributed by atoms with Crippen LogP contribution in [0.4, 0.5) is 0 Å². The van der Waals surface area contributed by atoms with Crippen LogP contribution in [0.25, 0.3) is 10.8 Å². The van der Waals surface area contributed by atoms with Gasteiger partial charge in [-0.1, -0.05) is 54.6 Å². The predicted molar refractivity (Wildman–Crippen MR) is 92.5 cm³/mol. The van der Waals surface area contributed by atoms with Gasteiger partial charge in [0.25, 0.3) is 0 Å². The molecule has 3 aromatic carbocycles. The molecule has 0 aliphatic carbocycles. The summed E-state index contributed by atoms with van der Waals surface area (Å²) in [6.07, 6.45) is 0.317. The third-order valence-electron chi connectivity index (χ3n) is 3.85. The summed E-state index contributed by atoms with van der Waals surface area (Å²) in [5, 5.41) is 5.36. The summed E-state index contributed by atoms with van der Waals surface area (Å²) in [4.78, 5) is 12.2. The second-order valence-electron chi connectivity index (χ2n) is 5.45. The van der Waals surface area contributed by atoms with Crippen molar-refractivity contribution in [3.8, 4) is 5.75 Å². The smallest absolute Gasteiger partial charge is 0.224 e. The molecule has 0 saturated carbocycles. The molecule has 0 aliphatic rings. The van der Waals surface area contributed by atoms with E-state index >= 15 is 0 Å². The van der Waals surface area contributed by atoms with E-state index in [4.69, 9.17) is 4.74 Å². The van der Waals surface area contributed by atoms with Gasteiger partial charge >= 0.3 is 0 Å². The highest BCUT2D eigenvalue weighted by Gasteiger charge is 2.08. The number of ether oxygens (including phenoxy) is 1. The fourth-order valence-corrected chi connectivity index (χ4v) is 2.63. The van der Waals surface area contributed by atoms with Crippen LogP contribution in [-0.2, 0) is 17.8 Å². The van der Waals surface area contributed by atoms with E-state index in [1.807, 2.05) is 42.5 Å². The van der Waals surface area contributed by atoms with Crippen molar-refractivity contribution < 1.29 is 9.53 Å². The molecule has 116 valence electrons. The van der Waals surface area contributed by atoms with E-state index in [1.165, 1.54) is 10.8 Å². The van der Waals surface area contributed by atoms with Gasteiger partial charge in [-0.05, 0) is 28.5 Å². The number of para-hydroxylation sites is 1. The lowest BCUT2D eigenvalue weighted by atomic mass is 10.1. The number of carbonyl (C=O) groups is 1. The van der Waals surface area contributed by atoms with Crippen LogP contribution >= 0.6 is 0 Å². The average Bonchev–Trinajstić information content (AvgIpc) is 2.60. The molecule has 3 heteroatoms. The summed E-state index contributed by atoms with van der Waals surface area (Å²) < 4.78 is 5.28. The van der Waals surface area contributed by atoms with Gasteiger partial charge in [-0.15, -0.1) is 0 Å². The number of methoxy groups -OCH3 is 1. The molecule has 0 unspecified atom stereocenters. The maximum absolute atomic E-state index is 12.2. The zero-order valence-corrected chi connectivity index (χ0v) is 13.1. The van der Waals surface area contributed by atoms with Crippen LogP contribution in [0.15, 0.2) is 66.7 Å². The van der Waals surface area contributed by atoms with Crippen LogP contribution in [0, 0.1) is 0 Å². The Kier molecular flexibility index (Phi) is 4.57. The Morgan fingerprint density at radius 3 is 2.52 bits per heavy atom. The van der Waals surface area contributed by atoms with Gasteiger partial charge in [-0.25, -0.2) is 0 Å². The van der Waals surface area contributed by atoms with E-state index in [0.717, 1.165) is 16.9 Å². The van der Waals surface area contributed by atoms with E-state index in [-0.39, 0.29) is 5.91 Å².